The third kappa shape index (κ3) is 1.68. The van der Waals surface area contributed by atoms with Gasteiger partial charge in [0.2, 0.25) is 5.67 Å². The van der Waals surface area contributed by atoms with E-state index in [-0.39, 0.29) is 18.7 Å². The second-order valence-corrected chi connectivity index (χ2v) is 3.93. The minimum absolute atomic E-state index is 0.0390. The van der Waals surface area contributed by atoms with Crippen LogP contribution in [0.2, 0.25) is 0 Å². The van der Waals surface area contributed by atoms with Gasteiger partial charge in [-0.1, -0.05) is 12.1 Å². The molecule has 0 bridgehead atoms. The summed E-state index contributed by atoms with van der Waals surface area (Å²) in [6.07, 6.45) is -0.0589. The van der Waals surface area contributed by atoms with Crippen LogP contribution in [0.1, 0.15) is 6.42 Å². The molecule has 0 aromatic heterocycles. The Hall–Kier alpha value is -1.78. The number of halogens is 1. The average Bonchev–Trinajstić information content (AvgIpc) is 2.63. The van der Waals surface area contributed by atoms with Gasteiger partial charge in [-0.2, -0.15) is 0 Å². The predicted molar refractivity (Wildman–Crippen MR) is 56.4 cm³/mol. The molecule has 0 radical (unpaired) electrons. The summed E-state index contributed by atoms with van der Waals surface area (Å²) in [6, 6.07) is 6.51. The van der Waals surface area contributed by atoms with Crippen LogP contribution in [0.15, 0.2) is 24.3 Å². The number of phenolic OH excluding ortho intramolecular Hbond substituents is 1. The van der Waals surface area contributed by atoms with Gasteiger partial charge in [0.15, 0.2) is 0 Å². The normalized spacial score (nSPS) is 24.7. The number of aromatic hydroxyl groups is 1. The van der Waals surface area contributed by atoms with Crippen LogP contribution < -0.4 is 4.90 Å². The Morgan fingerprint density at radius 3 is 2.69 bits per heavy atom. The average molecular weight is 225 g/mol. The molecule has 0 spiro atoms. The largest absolute Gasteiger partial charge is 0.506 e. The van der Waals surface area contributed by atoms with Gasteiger partial charge in [0.25, 0.3) is 0 Å². The highest BCUT2D eigenvalue weighted by molar-refractivity contribution is 5.79. The molecule has 1 aliphatic heterocycles. The van der Waals surface area contributed by atoms with Crippen LogP contribution in [0.3, 0.4) is 0 Å². The smallest absolute Gasteiger partial charge is 0.343 e. The molecule has 16 heavy (non-hydrogen) atoms. The Labute approximate surface area is 91.9 Å². The zero-order valence-electron chi connectivity index (χ0n) is 8.56. The lowest BCUT2D eigenvalue weighted by Crippen LogP contribution is -2.37. The fourth-order valence-corrected chi connectivity index (χ4v) is 1.88. The molecule has 0 aliphatic carbocycles. The monoisotopic (exact) mass is 225 g/mol. The number of nitrogens with zero attached hydrogens (tertiary/aromatic N) is 1. The molecule has 1 fully saturated rings. The van der Waals surface area contributed by atoms with Crippen molar-refractivity contribution in [2.45, 2.75) is 12.1 Å². The van der Waals surface area contributed by atoms with Crippen molar-refractivity contribution in [2.24, 2.45) is 0 Å². The van der Waals surface area contributed by atoms with Crippen LogP contribution in [0.25, 0.3) is 0 Å². The van der Waals surface area contributed by atoms with Crippen LogP contribution in [-0.4, -0.2) is 34.9 Å². The van der Waals surface area contributed by atoms with Gasteiger partial charge in [-0.15, -0.1) is 0 Å². The number of carbonyl (C=O) groups is 1. The molecule has 86 valence electrons. The van der Waals surface area contributed by atoms with E-state index in [0.29, 0.717) is 12.2 Å². The van der Waals surface area contributed by atoms with Gasteiger partial charge < -0.3 is 15.1 Å². The van der Waals surface area contributed by atoms with E-state index in [1.165, 1.54) is 6.07 Å². The molecule has 2 N–H and O–H groups in total. The number of hydrogen-bond acceptors (Lipinski definition) is 3. The fraction of sp³-hybridized carbons (Fsp3) is 0.364. The summed E-state index contributed by atoms with van der Waals surface area (Å²) in [5.74, 6) is -1.40. The molecule has 2 rings (SSSR count). The molecular weight excluding hydrogens is 213 g/mol. The minimum atomic E-state index is -2.21. The van der Waals surface area contributed by atoms with Gasteiger partial charge in [0, 0.05) is 13.0 Å². The summed E-state index contributed by atoms with van der Waals surface area (Å²) >= 11 is 0. The molecule has 1 aliphatic rings. The van der Waals surface area contributed by atoms with Gasteiger partial charge in [-0.3, -0.25) is 0 Å². The Morgan fingerprint density at radius 2 is 2.12 bits per heavy atom. The van der Waals surface area contributed by atoms with Gasteiger partial charge in [0.1, 0.15) is 5.75 Å². The van der Waals surface area contributed by atoms with Crippen molar-refractivity contribution >= 4 is 11.7 Å². The first-order chi connectivity index (χ1) is 7.53. The standard InChI is InChI=1S/C11H12FNO3/c12-11(10(15)16)5-6-13(7-11)8-3-1-2-4-9(8)14/h1-4,14H,5-7H2,(H,15,16). The maximum atomic E-state index is 13.8. The summed E-state index contributed by atoms with van der Waals surface area (Å²) in [4.78, 5) is 12.3. The molecular formula is C11H12FNO3. The molecule has 0 saturated carbocycles. The van der Waals surface area contributed by atoms with Crippen molar-refractivity contribution in [3.8, 4) is 5.75 Å². The lowest BCUT2D eigenvalue weighted by Gasteiger charge is -2.20. The van der Waals surface area contributed by atoms with Gasteiger partial charge in [0.05, 0.1) is 12.2 Å². The van der Waals surface area contributed by atoms with E-state index in [1.54, 1.807) is 23.1 Å². The first kappa shape index (κ1) is 10.7. The van der Waals surface area contributed by atoms with Crippen molar-refractivity contribution < 1.29 is 19.4 Å². The van der Waals surface area contributed by atoms with Gasteiger partial charge in [-0.05, 0) is 12.1 Å². The van der Waals surface area contributed by atoms with Crippen molar-refractivity contribution in [1.29, 1.82) is 0 Å². The first-order valence-electron chi connectivity index (χ1n) is 4.98. The number of anilines is 1. The third-order valence-corrected chi connectivity index (χ3v) is 2.83. The minimum Gasteiger partial charge on any atom is -0.506 e. The first-order valence-corrected chi connectivity index (χ1v) is 4.98. The van der Waals surface area contributed by atoms with Crippen molar-refractivity contribution in [3.05, 3.63) is 24.3 Å². The third-order valence-electron chi connectivity index (χ3n) is 2.83. The van der Waals surface area contributed by atoms with E-state index in [2.05, 4.69) is 0 Å². The van der Waals surface area contributed by atoms with E-state index < -0.39 is 11.6 Å². The Kier molecular flexibility index (Phi) is 2.46. The Balaban J connectivity index is 2.22. The maximum Gasteiger partial charge on any atom is 0.343 e. The summed E-state index contributed by atoms with van der Waals surface area (Å²) in [6.45, 7) is 0.0697. The SMILES string of the molecule is O=C(O)C1(F)CCN(c2ccccc2O)C1. The topological polar surface area (TPSA) is 60.8 Å². The Bertz CT molecular complexity index is 423. The van der Waals surface area contributed by atoms with Crippen LogP contribution in [0, 0.1) is 0 Å². The van der Waals surface area contributed by atoms with E-state index >= 15 is 0 Å². The zero-order chi connectivity index (χ0) is 11.8. The number of carboxylic acids is 1. The molecule has 1 unspecified atom stereocenters. The number of alkyl halides is 1. The van der Waals surface area contributed by atoms with E-state index in [0.717, 1.165) is 0 Å². The van der Waals surface area contributed by atoms with Crippen molar-refractivity contribution in [3.63, 3.8) is 0 Å². The highest BCUT2D eigenvalue weighted by Crippen LogP contribution is 2.34. The van der Waals surface area contributed by atoms with Crippen molar-refractivity contribution in [1.82, 2.24) is 0 Å². The highest BCUT2D eigenvalue weighted by Gasteiger charge is 2.45. The van der Waals surface area contributed by atoms with Crippen LogP contribution in [-0.2, 0) is 4.79 Å². The number of rotatable bonds is 2. The zero-order valence-corrected chi connectivity index (χ0v) is 8.56. The van der Waals surface area contributed by atoms with Crippen LogP contribution in [0.4, 0.5) is 10.1 Å². The summed E-state index contributed by atoms with van der Waals surface area (Å²) in [5.41, 5.74) is -1.73. The quantitative estimate of drug-likeness (QED) is 0.798. The fourth-order valence-electron chi connectivity index (χ4n) is 1.88. The van der Waals surface area contributed by atoms with Gasteiger partial charge in [-0.25, -0.2) is 9.18 Å². The number of aliphatic carboxylic acids is 1. The molecule has 4 nitrogen and oxygen atoms in total. The summed E-state index contributed by atoms with van der Waals surface area (Å²) < 4.78 is 13.8. The predicted octanol–water partition coefficient (Wildman–Crippen LogP) is 1.40. The number of hydrogen-bond donors (Lipinski definition) is 2. The molecule has 1 saturated heterocycles. The Morgan fingerprint density at radius 1 is 1.44 bits per heavy atom. The highest BCUT2D eigenvalue weighted by atomic mass is 19.1. The molecule has 1 atom stereocenters. The van der Waals surface area contributed by atoms with Crippen molar-refractivity contribution in [2.75, 3.05) is 18.0 Å². The van der Waals surface area contributed by atoms with Crippen LogP contribution >= 0.6 is 0 Å². The molecule has 0 amide bonds. The molecule has 1 aromatic carbocycles. The lowest BCUT2D eigenvalue weighted by atomic mass is 10.1. The lowest BCUT2D eigenvalue weighted by molar-refractivity contribution is -0.149. The number of carboxylic acid groups (broad SMARTS) is 1. The second-order valence-electron chi connectivity index (χ2n) is 3.93. The van der Waals surface area contributed by atoms with Gasteiger partial charge >= 0.3 is 5.97 Å². The van der Waals surface area contributed by atoms with E-state index in [9.17, 15) is 14.3 Å². The summed E-state index contributed by atoms with van der Waals surface area (Å²) in [5, 5.41) is 18.3. The van der Waals surface area contributed by atoms with Crippen LogP contribution in [0.5, 0.6) is 5.75 Å². The molecule has 1 heterocycles. The molecule has 1 aromatic rings. The van der Waals surface area contributed by atoms with E-state index in [4.69, 9.17) is 5.11 Å². The second kappa shape index (κ2) is 3.66. The summed E-state index contributed by atoms with van der Waals surface area (Å²) in [7, 11) is 0. The maximum absolute atomic E-state index is 13.8. The number of para-hydroxylation sites is 2. The number of phenols is 1. The molecule has 5 heteroatoms. The number of benzene rings is 1. The van der Waals surface area contributed by atoms with E-state index in [1.807, 2.05) is 0 Å².